The summed E-state index contributed by atoms with van der Waals surface area (Å²) in [5.74, 6) is -0.350. The van der Waals surface area contributed by atoms with Crippen LogP contribution in [0.5, 0.6) is 0 Å². The van der Waals surface area contributed by atoms with Crippen LogP contribution in [0.4, 0.5) is 5.69 Å². The van der Waals surface area contributed by atoms with Crippen LogP contribution in [0, 0.1) is 0 Å². The Morgan fingerprint density at radius 2 is 1.65 bits per heavy atom. The molecule has 0 aliphatic heterocycles. The highest BCUT2D eigenvalue weighted by Gasteiger charge is 2.19. The summed E-state index contributed by atoms with van der Waals surface area (Å²) in [4.78, 5) is 12.4. The SMILES string of the molecule is CC(C)(C)NC(=O)c1ccccc1NS(=O)(=O)C=Cc1ccc(Cl)cc1. The standard InChI is InChI=1S/C19H21ClN2O3S/c1-19(2,3)21-18(23)16-6-4-5-7-17(16)22-26(24,25)13-12-14-8-10-15(20)11-9-14/h4-13,22H,1-3H3,(H,21,23). The van der Waals surface area contributed by atoms with Gasteiger partial charge in [-0.2, -0.15) is 0 Å². The second kappa shape index (κ2) is 7.93. The number of nitrogens with one attached hydrogen (secondary N) is 2. The van der Waals surface area contributed by atoms with Gasteiger partial charge in [0.05, 0.1) is 16.7 Å². The van der Waals surface area contributed by atoms with E-state index in [2.05, 4.69) is 10.0 Å². The molecule has 0 fully saturated rings. The van der Waals surface area contributed by atoms with Gasteiger partial charge in [-0.15, -0.1) is 0 Å². The maximum absolute atomic E-state index is 12.4. The van der Waals surface area contributed by atoms with Gasteiger partial charge in [-0.1, -0.05) is 35.9 Å². The maximum atomic E-state index is 12.4. The molecule has 0 atom stereocenters. The third-order valence-electron chi connectivity index (χ3n) is 3.22. The summed E-state index contributed by atoms with van der Waals surface area (Å²) >= 11 is 5.81. The van der Waals surface area contributed by atoms with Gasteiger partial charge in [0.2, 0.25) is 0 Å². The number of hydrogen-bond acceptors (Lipinski definition) is 3. The van der Waals surface area contributed by atoms with Crippen LogP contribution in [0.15, 0.2) is 53.9 Å². The van der Waals surface area contributed by atoms with E-state index in [4.69, 9.17) is 11.6 Å². The van der Waals surface area contributed by atoms with E-state index in [1.165, 1.54) is 6.08 Å². The molecular formula is C19H21ClN2O3S. The minimum atomic E-state index is -3.79. The molecule has 0 radical (unpaired) electrons. The Kier molecular flexibility index (Phi) is 6.10. The monoisotopic (exact) mass is 392 g/mol. The largest absolute Gasteiger partial charge is 0.347 e. The number of rotatable bonds is 5. The van der Waals surface area contributed by atoms with E-state index in [9.17, 15) is 13.2 Å². The molecule has 0 bridgehead atoms. The van der Waals surface area contributed by atoms with Crippen molar-refractivity contribution in [1.29, 1.82) is 0 Å². The van der Waals surface area contributed by atoms with Crippen LogP contribution in [-0.2, 0) is 10.0 Å². The molecule has 0 saturated carbocycles. The lowest BCUT2D eigenvalue weighted by atomic mass is 10.1. The van der Waals surface area contributed by atoms with Gasteiger partial charge in [0.1, 0.15) is 0 Å². The number of para-hydroxylation sites is 1. The zero-order chi connectivity index (χ0) is 19.4. The molecule has 2 rings (SSSR count). The van der Waals surface area contributed by atoms with Gasteiger partial charge < -0.3 is 5.32 Å². The van der Waals surface area contributed by atoms with Crippen molar-refractivity contribution in [2.45, 2.75) is 26.3 Å². The van der Waals surface area contributed by atoms with Crippen molar-refractivity contribution in [2.75, 3.05) is 4.72 Å². The van der Waals surface area contributed by atoms with Gasteiger partial charge in [0.15, 0.2) is 0 Å². The fraction of sp³-hybridized carbons (Fsp3) is 0.211. The molecule has 1 amide bonds. The van der Waals surface area contributed by atoms with Crippen LogP contribution in [0.25, 0.3) is 6.08 Å². The molecule has 7 heteroatoms. The lowest BCUT2D eigenvalue weighted by molar-refractivity contribution is 0.0920. The van der Waals surface area contributed by atoms with Crippen LogP contribution in [0.2, 0.25) is 5.02 Å². The number of anilines is 1. The predicted molar refractivity (Wildman–Crippen MR) is 107 cm³/mol. The third-order valence-corrected chi connectivity index (χ3v) is 4.47. The molecule has 0 aliphatic rings. The molecule has 5 nitrogen and oxygen atoms in total. The number of carbonyl (C=O) groups excluding carboxylic acids is 1. The van der Waals surface area contributed by atoms with E-state index in [1.54, 1.807) is 48.5 Å². The molecule has 2 aromatic carbocycles. The molecule has 0 spiro atoms. The second-order valence-corrected chi connectivity index (χ2v) is 8.75. The fourth-order valence-corrected chi connectivity index (χ4v) is 3.12. The van der Waals surface area contributed by atoms with E-state index in [0.717, 1.165) is 5.41 Å². The Balaban J connectivity index is 2.21. The number of benzene rings is 2. The van der Waals surface area contributed by atoms with E-state index in [1.807, 2.05) is 20.8 Å². The molecule has 0 heterocycles. The highest BCUT2D eigenvalue weighted by Crippen LogP contribution is 2.19. The number of halogens is 1. The zero-order valence-corrected chi connectivity index (χ0v) is 16.4. The Bertz CT molecular complexity index is 915. The summed E-state index contributed by atoms with van der Waals surface area (Å²) in [7, 11) is -3.79. The topological polar surface area (TPSA) is 75.3 Å². The zero-order valence-electron chi connectivity index (χ0n) is 14.8. The lowest BCUT2D eigenvalue weighted by Crippen LogP contribution is -2.40. The average Bonchev–Trinajstić information content (AvgIpc) is 2.53. The molecule has 0 saturated heterocycles. The first-order valence-corrected chi connectivity index (χ1v) is 9.86. The Labute approximate surface area is 159 Å². The van der Waals surface area contributed by atoms with Crippen LogP contribution in [-0.4, -0.2) is 19.9 Å². The van der Waals surface area contributed by atoms with Crippen molar-refractivity contribution in [3.63, 3.8) is 0 Å². The lowest BCUT2D eigenvalue weighted by Gasteiger charge is -2.21. The highest BCUT2D eigenvalue weighted by molar-refractivity contribution is 7.95. The van der Waals surface area contributed by atoms with E-state index in [-0.39, 0.29) is 17.2 Å². The number of amides is 1. The first kappa shape index (κ1) is 20.0. The molecule has 138 valence electrons. The van der Waals surface area contributed by atoms with Gasteiger partial charge in [0.25, 0.3) is 15.9 Å². The molecule has 0 unspecified atom stereocenters. The van der Waals surface area contributed by atoms with Crippen molar-refractivity contribution < 1.29 is 13.2 Å². The molecule has 26 heavy (non-hydrogen) atoms. The normalized spacial score (nSPS) is 12.2. The predicted octanol–water partition coefficient (Wildman–Crippen LogP) is 4.28. The van der Waals surface area contributed by atoms with Gasteiger partial charge >= 0.3 is 0 Å². The second-order valence-electron chi connectivity index (χ2n) is 6.75. The molecule has 2 N–H and O–H groups in total. The van der Waals surface area contributed by atoms with Crippen molar-refractivity contribution in [2.24, 2.45) is 0 Å². The quantitative estimate of drug-likeness (QED) is 0.797. The van der Waals surface area contributed by atoms with E-state index >= 15 is 0 Å². The summed E-state index contributed by atoms with van der Waals surface area (Å²) in [5.41, 5.74) is 0.733. The smallest absolute Gasteiger partial charge is 0.255 e. The molecular weight excluding hydrogens is 372 g/mol. The Hall–Kier alpha value is -2.31. The Morgan fingerprint density at radius 3 is 2.27 bits per heavy atom. The van der Waals surface area contributed by atoms with E-state index in [0.29, 0.717) is 10.6 Å². The summed E-state index contributed by atoms with van der Waals surface area (Å²) in [6.45, 7) is 5.56. The van der Waals surface area contributed by atoms with Crippen LogP contribution >= 0.6 is 11.6 Å². The van der Waals surface area contributed by atoms with Gasteiger partial charge in [-0.3, -0.25) is 9.52 Å². The summed E-state index contributed by atoms with van der Waals surface area (Å²) in [6, 6.07) is 13.2. The van der Waals surface area contributed by atoms with Crippen LogP contribution in [0.1, 0.15) is 36.7 Å². The first-order chi connectivity index (χ1) is 12.1. The fourth-order valence-electron chi connectivity index (χ4n) is 2.11. The van der Waals surface area contributed by atoms with Crippen LogP contribution in [0.3, 0.4) is 0 Å². The molecule has 2 aromatic rings. The third kappa shape index (κ3) is 6.20. The van der Waals surface area contributed by atoms with Crippen LogP contribution < -0.4 is 10.0 Å². The van der Waals surface area contributed by atoms with Crippen molar-refractivity contribution in [3.8, 4) is 0 Å². The molecule has 0 aliphatic carbocycles. The maximum Gasteiger partial charge on any atom is 0.255 e. The number of sulfonamides is 1. The molecule has 0 aromatic heterocycles. The minimum Gasteiger partial charge on any atom is -0.347 e. The minimum absolute atomic E-state index is 0.218. The number of hydrogen-bond donors (Lipinski definition) is 2. The average molecular weight is 393 g/mol. The number of carbonyl (C=O) groups is 1. The summed E-state index contributed by atoms with van der Waals surface area (Å²) in [5, 5.41) is 4.44. The van der Waals surface area contributed by atoms with Crippen molar-refractivity contribution >= 4 is 39.3 Å². The van der Waals surface area contributed by atoms with Gasteiger partial charge in [0, 0.05) is 10.6 Å². The first-order valence-electron chi connectivity index (χ1n) is 7.94. The van der Waals surface area contributed by atoms with Gasteiger partial charge in [-0.05, 0) is 56.7 Å². The summed E-state index contributed by atoms with van der Waals surface area (Å²) in [6.07, 6.45) is 1.45. The van der Waals surface area contributed by atoms with Gasteiger partial charge in [-0.25, -0.2) is 8.42 Å². The highest BCUT2D eigenvalue weighted by atomic mass is 35.5. The van der Waals surface area contributed by atoms with E-state index < -0.39 is 15.6 Å². The van der Waals surface area contributed by atoms with Crippen molar-refractivity contribution in [3.05, 3.63) is 70.1 Å². The Morgan fingerprint density at radius 1 is 1.04 bits per heavy atom. The van der Waals surface area contributed by atoms with Crippen molar-refractivity contribution in [1.82, 2.24) is 5.32 Å². The summed E-state index contributed by atoms with van der Waals surface area (Å²) < 4.78 is 27.1.